The Morgan fingerprint density at radius 1 is 1.19 bits per heavy atom. The first kappa shape index (κ1) is 14.6. The molecule has 1 N–H and O–H groups in total. The maximum Gasteiger partial charge on any atom is 0.358 e. The monoisotopic (exact) mass is 289 g/mol. The minimum atomic E-state index is -0.700. The lowest BCUT2D eigenvalue weighted by atomic mass is 10.2. The van der Waals surface area contributed by atoms with Crippen LogP contribution >= 0.6 is 0 Å². The summed E-state index contributed by atoms with van der Waals surface area (Å²) in [6, 6.07) is 10.6. The zero-order chi connectivity index (χ0) is 15.2. The second-order valence-corrected chi connectivity index (χ2v) is 4.17. The third-order valence-electron chi connectivity index (χ3n) is 2.80. The minimum absolute atomic E-state index is 0.0715. The van der Waals surface area contributed by atoms with Crippen molar-refractivity contribution < 1.29 is 19.0 Å². The van der Waals surface area contributed by atoms with Crippen molar-refractivity contribution in [3.63, 3.8) is 0 Å². The summed E-state index contributed by atoms with van der Waals surface area (Å²) in [5.41, 5.74) is 0.374. The van der Waals surface area contributed by atoms with Gasteiger partial charge in [-0.15, -0.1) is 0 Å². The summed E-state index contributed by atoms with van der Waals surface area (Å²) in [5.74, 6) is -0.378. The third-order valence-corrected chi connectivity index (χ3v) is 2.80. The first-order valence-corrected chi connectivity index (χ1v) is 6.22. The molecule has 0 amide bonds. The van der Waals surface area contributed by atoms with Gasteiger partial charge < -0.3 is 19.2 Å². The number of rotatable bonds is 5. The Hall–Kier alpha value is -2.76. The molecule has 6 nitrogen and oxygen atoms in total. The molecule has 0 unspecified atom stereocenters. The van der Waals surface area contributed by atoms with Crippen LogP contribution in [0.4, 0.5) is 0 Å². The van der Waals surface area contributed by atoms with E-state index in [1.54, 1.807) is 0 Å². The molecule has 21 heavy (non-hydrogen) atoms. The Bertz CT molecular complexity index is 678. The van der Waals surface area contributed by atoms with E-state index in [1.807, 2.05) is 30.3 Å². The van der Waals surface area contributed by atoms with Crippen LogP contribution in [0.15, 0.2) is 41.2 Å². The maximum absolute atomic E-state index is 11.7. The number of esters is 1. The molecule has 110 valence electrons. The van der Waals surface area contributed by atoms with Gasteiger partial charge in [0.25, 0.3) is 5.56 Å². The maximum atomic E-state index is 11.7. The molecule has 2 rings (SSSR count). The van der Waals surface area contributed by atoms with E-state index < -0.39 is 11.5 Å². The quantitative estimate of drug-likeness (QED) is 0.848. The zero-order valence-electron chi connectivity index (χ0n) is 11.7. The predicted molar refractivity (Wildman–Crippen MR) is 75.7 cm³/mol. The van der Waals surface area contributed by atoms with Crippen LogP contribution < -0.4 is 15.0 Å². The van der Waals surface area contributed by atoms with Crippen LogP contribution in [0.1, 0.15) is 16.1 Å². The molecule has 6 heteroatoms. The molecule has 1 heterocycles. The van der Waals surface area contributed by atoms with E-state index in [2.05, 4.69) is 9.72 Å². The lowest BCUT2D eigenvalue weighted by Gasteiger charge is -2.13. The molecule has 1 aromatic carbocycles. The largest absolute Gasteiger partial charge is 0.493 e. The van der Waals surface area contributed by atoms with Crippen molar-refractivity contribution in [3.8, 4) is 11.5 Å². The summed E-state index contributed by atoms with van der Waals surface area (Å²) in [4.78, 5) is 25.7. The number of carbonyl (C=O) groups excluding carboxylic acids is 1. The summed E-state index contributed by atoms with van der Waals surface area (Å²) in [6.07, 6.45) is 0. The molecule has 0 aliphatic rings. The minimum Gasteiger partial charge on any atom is -0.493 e. The number of H-pyrrole nitrogens is 1. The topological polar surface area (TPSA) is 77.6 Å². The summed E-state index contributed by atoms with van der Waals surface area (Å²) in [7, 11) is 2.62. The highest BCUT2D eigenvalue weighted by atomic mass is 16.5. The number of ether oxygens (including phenoxy) is 3. The molecule has 1 aromatic heterocycles. The van der Waals surface area contributed by atoms with Crippen molar-refractivity contribution >= 4 is 5.97 Å². The normalized spacial score (nSPS) is 10.0. The number of pyridine rings is 1. The highest BCUT2D eigenvalue weighted by Crippen LogP contribution is 2.29. The Morgan fingerprint density at radius 2 is 1.90 bits per heavy atom. The van der Waals surface area contributed by atoms with E-state index in [9.17, 15) is 9.59 Å². The first-order chi connectivity index (χ1) is 10.2. The third kappa shape index (κ3) is 3.42. The number of benzene rings is 1. The highest BCUT2D eigenvalue weighted by molar-refractivity contribution is 5.91. The Labute approximate surface area is 121 Å². The first-order valence-electron chi connectivity index (χ1n) is 6.22. The lowest BCUT2D eigenvalue weighted by Crippen LogP contribution is -2.16. The second kappa shape index (κ2) is 6.60. The van der Waals surface area contributed by atoms with Crippen LogP contribution in [0.3, 0.4) is 0 Å². The fourth-order valence-electron chi connectivity index (χ4n) is 1.79. The van der Waals surface area contributed by atoms with E-state index in [-0.39, 0.29) is 23.8 Å². The summed E-state index contributed by atoms with van der Waals surface area (Å²) in [5, 5.41) is 0. The van der Waals surface area contributed by atoms with Crippen molar-refractivity contribution in [3.05, 3.63) is 58.0 Å². The standard InChI is InChI=1S/C15H15NO5/c1-19-11-8-12(17)16-13(15(18)20-2)14(11)21-9-10-6-4-3-5-7-10/h3-8H,9H2,1-2H3,(H,16,17). The van der Waals surface area contributed by atoms with Crippen LogP contribution in [0.25, 0.3) is 0 Å². The molecule has 2 aromatic rings. The number of methoxy groups -OCH3 is 2. The smallest absolute Gasteiger partial charge is 0.358 e. The Kier molecular flexibility index (Phi) is 4.61. The van der Waals surface area contributed by atoms with Gasteiger partial charge in [0.05, 0.1) is 14.2 Å². The van der Waals surface area contributed by atoms with Gasteiger partial charge in [0, 0.05) is 6.07 Å². The molecule has 0 saturated heterocycles. The van der Waals surface area contributed by atoms with Crippen molar-refractivity contribution in [1.82, 2.24) is 4.98 Å². The van der Waals surface area contributed by atoms with E-state index >= 15 is 0 Å². The SMILES string of the molecule is COC(=O)c1[nH]c(=O)cc(OC)c1OCc1ccccc1. The lowest BCUT2D eigenvalue weighted by molar-refractivity contribution is 0.0587. The molecule has 0 spiro atoms. The second-order valence-electron chi connectivity index (χ2n) is 4.17. The zero-order valence-corrected chi connectivity index (χ0v) is 11.7. The predicted octanol–water partition coefficient (Wildman–Crippen LogP) is 1.75. The number of aromatic amines is 1. The van der Waals surface area contributed by atoms with Crippen molar-refractivity contribution in [2.24, 2.45) is 0 Å². The highest BCUT2D eigenvalue weighted by Gasteiger charge is 2.20. The van der Waals surface area contributed by atoms with E-state index in [4.69, 9.17) is 9.47 Å². The van der Waals surface area contributed by atoms with Crippen LogP contribution in [0, 0.1) is 0 Å². The molecule has 0 bridgehead atoms. The summed E-state index contributed by atoms with van der Waals surface area (Å²) < 4.78 is 15.4. The molecule has 0 radical (unpaired) electrons. The fourth-order valence-corrected chi connectivity index (χ4v) is 1.79. The van der Waals surface area contributed by atoms with Crippen LogP contribution in [0.5, 0.6) is 11.5 Å². The average molecular weight is 289 g/mol. The molecule has 0 fully saturated rings. The van der Waals surface area contributed by atoms with Gasteiger partial charge in [-0.3, -0.25) is 4.79 Å². The van der Waals surface area contributed by atoms with E-state index in [0.29, 0.717) is 0 Å². The van der Waals surface area contributed by atoms with E-state index in [1.165, 1.54) is 20.3 Å². The van der Waals surface area contributed by atoms with Gasteiger partial charge >= 0.3 is 5.97 Å². The van der Waals surface area contributed by atoms with Gasteiger partial charge in [-0.05, 0) is 5.56 Å². The number of hydrogen-bond donors (Lipinski definition) is 1. The summed E-state index contributed by atoms with van der Waals surface area (Å²) in [6.45, 7) is 0.229. The van der Waals surface area contributed by atoms with E-state index in [0.717, 1.165) is 5.56 Å². The van der Waals surface area contributed by atoms with Gasteiger partial charge in [0.2, 0.25) is 0 Å². The Balaban J connectivity index is 2.36. The van der Waals surface area contributed by atoms with Gasteiger partial charge in [-0.25, -0.2) is 4.79 Å². The number of hydrogen-bond acceptors (Lipinski definition) is 5. The number of nitrogens with one attached hydrogen (secondary N) is 1. The van der Waals surface area contributed by atoms with Crippen molar-refractivity contribution in [2.45, 2.75) is 6.61 Å². The van der Waals surface area contributed by atoms with Gasteiger partial charge in [-0.2, -0.15) is 0 Å². The van der Waals surface area contributed by atoms with Crippen molar-refractivity contribution in [1.29, 1.82) is 0 Å². The summed E-state index contributed by atoms with van der Waals surface area (Å²) >= 11 is 0. The number of carbonyl (C=O) groups is 1. The molecule has 0 atom stereocenters. The fraction of sp³-hybridized carbons (Fsp3) is 0.200. The molecule has 0 aliphatic heterocycles. The molecular weight excluding hydrogens is 274 g/mol. The average Bonchev–Trinajstić information content (AvgIpc) is 2.53. The van der Waals surface area contributed by atoms with Gasteiger partial charge in [0.15, 0.2) is 17.2 Å². The molecule has 0 aliphatic carbocycles. The van der Waals surface area contributed by atoms with Crippen molar-refractivity contribution in [2.75, 3.05) is 14.2 Å². The van der Waals surface area contributed by atoms with Crippen LogP contribution in [-0.4, -0.2) is 25.2 Å². The van der Waals surface area contributed by atoms with Crippen LogP contribution in [0.2, 0.25) is 0 Å². The van der Waals surface area contributed by atoms with Gasteiger partial charge in [0.1, 0.15) is 6.61 Å². The molecule has 0 saturated carbocycles. The molecular formula is C15H15NO5. The number of aromatic nitrogens is 1. The van der Waals surface area contributed by atoms with Gasteiger partial charge in [-0.1, -0.05) is 30.3 Å². The van der Waals surface area contributed by atoms with Crippen LogP contribution in [-0.2, 0) is 11.3 Å². The Morgan fingerprint density at radius 3 is 2.52 bits per heavy atom.